The Morgan fingerprint density at radius 3 is 1.66 bits per heavy atom. The summed E-state index contributed by atoms with van der Waals surface area (Å²) in [6, 6.07) is 27.5. The van der Waals surface area contributed by atoms with Gasteiger partial charge in [-0.15, -0.1) is 0 Å². The van der Waals surface area contributed by atoms with Crippen molar-refractivity contribution in [3.05, 3.63) is 107 Å². The van der Waals surface area contributed by atoms with Crippen LogP contribution in [0.1, 0.15) is 59.0 Å². The molecule has 1 atom stereocenters. The molecule has 1 aliphatic heterocycles. The number of carbonyl (C=O) groups excluding carboxylic acids is 2. The minimum absolute atomic E-state index is 0.0880. The van der Waals surface area contributed by atoms with E-state index in [1.807, 2.05) is 48.5 Å². The van der Waals surface area contributed by atoms with Crippen LogP contribution < -0.4 is 0 Å². The Morgan fingerprint density at radius 1 is 0.763 bits per heavy atom. The number of benzene rings is 3. The molecule has 200 valence electrons. The molecule has 5 nitrogen and oxygen atoms in total. The summed E-state index contributed by atoms with van der Waals surface area (Å²) in [5, 5.41) is 0.0880. The third kappa shape index (κ3) is 6.49. The molecule has 38 heavy (non-hydrogen) atoms. The molecule has 0 bridgehead atoms. The topological polar surface area (TPSA) is 49.9 Å². The van der Waals surface area contributed by atoms with Crippen molar-refractivity contribution in [1.82, 2.24) is 9.80 Å². The molecule has 2 amide bonds. The van der Waals surface area contributed by atoms with E-state index in [9.17, 15) is 9.59 Å². The smallest absolute Gasteiger partial charge is 0.261 e. The van der Waals surface area contributed by atoms with E-state index in [1.165, 1.54) is 16.0 Å². The third-order valence-corrected chi connectivity index (χ3v) is 12.4. The van der Waals surface area contributed by atoms with Crippen LogP contribution in [0.15, 0.2) is 84.9 Å². The first-order valence-electron chi connectivity index (χ1n) is 13.5. The fraction of sp³-hybridized carbons (Fsp3) is 0.375. The van der Waals surface area contributed by atoms with Crippen LogP contribution in [0.2, 0.25) is 18.1 Å². The quantitative estimate of drug-likeness (QED) is 0.204. The Hall–Kier alpha value is -3.06. The molecule has 0 spiro atoms. The molecule has 0 saturated carbocycles. The highest BCUT2D eigenvalue weighted by molar-refractivity contribution is 6.74. The zero-order valence-corrected chi connectivity index (χ0v) is 24.3. The van der Waals surface area contributed by atoms with Gasteiger partial charge in [0.05, 0.1) is 17.2 Å². The second kappa shape index (κ2) is 11.8. The lowest BCUT2D eigenvalue weighted by Gasteiger charge is -2.37. The number of nitrogens with zero attached hydrogens (tertiary/aromatic N) is 2. The molecule has 1 aliphatic rings. The minimum atomic E-state index is -1.97. The molecule has 0 aromatic heterocycles. The van der Waals surface area contributed by atoms with Crippen LogP contribution in [-0.4, -0.2) is 49.1 Å². The Labute approximate surface area is 228 Å². The van der Waals surface area contributed by atoms with Crippen molar-refractivity contribution in [2.24, 2.45) is 0 Å². The van der Waals surface area contributed by atoms with Gasteiger partial charge in [-0.25, -0.2) is 0 Å². The summed E-state index contributed by atoms with van der Waals surface area (Å²) in [5.41, 5.74) is 3.38. The second-order valence-corrected chi connectivity index (χ2v) is 16.5. The summed E-state index contributed by atoms with van der Waals surface area (Å²) >= 11 is 0. The number of imide groups is 1. The highest BCUT2D eigenvalue weighted by atomic mass is 28.4. The van der Waals surface area contributed by atoms with E-state index in [2.05, 4.69) is 63.0 Å². The summed E-state index contributed by atoms with van der Waals surface area (Å²) < 4.78 is 6.52. The second-order valence-electron chi connectivity index (χ2n) is 11.7. The molecule has 4 rings (SSSR count). The maximum absolute atomic E-state index is 13.5. The molecule has 3 aromatic carbocycles. The predicted octanol–water partition coefficient (Wildman–Crippen LogP) is 6.77. The summed E-state index contributed by atoms with van der Waals surface area (Å²) in [6.45, 7) is 13.7. The molecule has 1 heterocycles. The number of hydrogen-bond acceptors (Lipinski definition) is 4. The van der Waals surface area contributed by atoms with Gasteiger partial charge < -0.3 is 4.43 Å². The van der Waals surface area contributed by atoms with Crippen molar-refractivity contribution < 1.29 is 14.0 Å². The molecule has 0 radical (unpaired) electrons. The monoisotopic (exact) mass is 528 g/mol. The van der Waals surface area contributed by atoms with E-state index in [0.717, 1.165) is 13.1 Å². The zero-order valence-electron chi connectivity index (χ0n) is 23.3. The first-order chi connectivity index (χ1) is 18.1. The summed E-state index contributed by atoms with van der Waals surface area (Å²) in [4.78, 5) is 30.9. The van der Waals surface area contributed by atoms with E-state index in [4.69, 9.17) is 4.43 Å². The van der Waals surface area contributed by atoms with Gasteiger partial charge in [0.2, 0.25) is 0 Å². The van der Waals surface area contributed by atoms with E-state index in [0.29, 0.717) is 30.7 Å². The molecule has 0 unspecified atom stereocenters. The van der Waals surface area contributed by atoms with Crippen LogP contribution >= 0.6 is 0 Å². The highest BCUT2D eigenvalue weighted by Crippen LogP contribution is 2.37. The van der Waals surface area contributed by atoms with Gasteiger partial charge in [0.1, 0.15) is 0 Å². The first kappa shape index (κ1) is 28.0. The first-order valence-corrected chi connectivity index (χ1v) is 16.4. The van der Waals surface area contributed by atoms with Gasteiger partial charge in [0.15, 0.2) is 8.32 Å². The SMILES string of the molecule is CC(C)(C)[Si](C)(C)OCC[C@H](CN(Cc1ccccc1)Cc1ccccc1)N1C(=O)c2ccccc2C1=O. The van der Waals surface area contributed by atoms with Crippen molar-refractivity contribution in [2.75, 3.05) is 13.2 Å². The van der Waals surface area contributed by atoms with Gasteiger partial charge in [-0.3, -0.25) is 19.4 Å². The maximum Gasteiger partial charge on any atom is 0.261 e. The van der Waals surface area contributed by atoms with Crippen LogP contribution in [0, 0.1) is 0 Å². The average molecular weight is 529 g/mol. The molecule has 3 aromatic rings. The lowest BCUT2D eigenvalue weighted by atomic mass is 10.1. The standard InChI is InChI=1S/C32H40N2O3Si/c1-32(2,3)38(4,5)37-21-20-27(34-30(35)28-18-12-13-19-29(28)31(34)36)24-33(22-25-14-8-6-9-15-25)23-26-16-10-7-11-17-26/h6-19,27H,20-24H2,1-5H3/t27-/m1/s1. The molecule has 0 saturated heterocycles. The van der Waals surface area contributed by atoms with Crippen LogP contribution in [0.4, 0.5) is 0 Å². The van der Waals surface area contributed by atoms with Crippen LogP contribution in [0.25, 0.3) is 0 Å². The van der Waals surface area contributed by atoms with Crippen LogP contribution in [0.5, 0.6) is 0 Å². The Balaban J connectivity index is 1.61. The van der Waals surface area contributed by atoms with E-state index < -0.39 is 8.32 Å². The predicted molar refractivity (Wildman–Crippen MR) is 155 cm³/mol. The Morgan fingerprint density at radius 2 is 1.21 bits per heavy atom. The number of amides is 2. The lowest BCUT2D eigenvalue weighted by Crippen LogP contribution is -2.48. The Kier molecular flexibility index (Phi) is 8.66. The summed E-state index contributed by atoms with van der Waals surface area (Å²) in [5.74, 6) is -0.412. The van der Waals surface area contributed by atoms with Crippen molar-refractivity contribution in [3.8, 4) is 0 Å². The molecule has 0 N–H and O–H groups in total. The Bertz CT molecular complexity index is 1160. The van der Waals surface area contributed by atoms with Crippen molar-refractivity contribution in [2.45, 2.75) is 64.5 Å². The van der Waals surface area contributed by atoms with Crippen LogP contribution in [-0.2, 0) is 17.5 Å². The van der Waals surface area contributed by atoms with E-state index in [-0.39, 0.29) is 22.9 Å². The van der Waals surface area contributed by atoms with Crippen LogP contribution in [0.3, 0.4) is 0 Å². The average Bonchev–Trinajstić information content (AvgIpc) is 3.14. The minimum Gasteiger partial charge on any atom is -0.417 e. The number of rotatable bonds is 11. The summed E-state index contributed by atoms with van der Waals surface area (Å²) in [7, 11) is -1.97. The van der Waals surface area contributed by atoms with Crippen molar-refractivity contribution in [1.29, 1.82) is 0 Å². The lowest BCUT2D eigenvalue weighted by molar-refractivity contribution is 0.0505. The van der Waals surface area contributed by atoms with Gasteiger partial charge in [0.25, 0.3) is 11.8 Å². The van der Waals surface area contributed by atoms with Crippen molar-refractivity contribution in [3.63, 3.8) is 0 Å². The highest BCUT2D eigenvalue weighted by Gasteiger charge is 2.41. The van der Waals surface area contributed by atoms with Gasteiger partial charge in [-0.2, -0.15) is 0 Å². The van der Waals surface area contributed by atoms with E-state index >= 15 is 0 Å². The molecular formula is C32H40N2O3Si. The molecular weight excluding hydrogens is 488 g/mol. The van der Waals surface area contributed by atoms with Gasteiger partial charge in [0, 0.05) is 26.2 Å². The normalized spacial score (nSPS) is 14.7. The molecule has 0 aliphatic carbocycles. The number of fused-ring (bicyclic) bond motifs is 1. The molecule has 6 heteroatoms. The zero-order chi connectivity index (χ0) is 27.3. The fourth-order valence-corrected chi connectivity index (χ4v) is 5.74. The van der Waals surface area contributed by atoms with Gasteiger partial charge >= 0.3 is 0 Å². The van der Waals surface area contributed by atoms with Gasteiger partial charge in [-0.1, -0.05) is 93.6 Å². The third-order valence-electron chi connectivity index (χ3n) is 7.88. The van der Waals surface area contributed by atoms with E-state index in [1.54, 1.807) is 12.1 Å². The van der Waals surface area contributed by atoms with Crippen molar-refractivity contribution >= 4 is 20.1 Å². The molecule has 0 fully saturated rings. The number of carbonyl (C=O) groups is 2. The van der Waals surface area contributed by atoms with Gasteiger partial charge in [-0.05, 0) is 47.8 Å². The number of hydrogen-bond donors (Lipinski definition) is 0. The fourth-order valence-electron chi connectivity index (χ4n) is 4.67. The largest absolute Gasteiger partial charge is 0.417 e. The maximum atomic E-state index is 13.5. The summed E-state index contributed by atoms with van der Waals surface area (Å²) in [6.07, 6.45) is 0.595.